The summed E-state index contributed by atoms with van der Waals surface area (Å²) in [6.07, 6.45) is 1.65. The Hall–Kier alpha value is -5.52. The predicted octanol–water partition coefficient (Wildman–Crippen LogP) is 14.4. The van der Waals surface area contributed by atoms with Crippen LogP contribution >= 0.6 is 0 Å². The molecular formula is C60H64O2. The van der Waals surface area contributed by atoms with Crippen LogP contribution in [0.4, 0.5) is 0 Å². The molecule has 0 fully saturated rings. The van der Waals surface area contributed by atoms with Crippen molar-refractivity contribution in [2.75, 3.05) is 0 Å². The number of aromatic hydroxyl groups is 1. The predicted molar refractivity (Wildman–Crippen MR) is 257 cm³/mol. The maximum absolute atomic E-state index is 12.7. The Morgan fingerprint density at radius 2 is 0.919 bits per heavy atom. The van der Waals surface area contributed by atoms with E-state index in [2.05, 4.69) is 198 Å². The summed E-state index contributed by atoms with van der Waals surface area (Å²) >= 11 is 0. The molecule has 0 amide bonds. The molecule has 3 aliphatic rings. The zero-order chi connectivity index (χ0) is 44.1. The summed E-state index contributed by atoms with van der Waals surface area (Å²) in [6, 6.07) is 40.6. The van der Waals surface area contributed by atoms with Crippen LogP contribution < -0.4 is 4.74 Å². The summed E-state index contributed by atoms with van der Waals surface area (Å²) < 4.78 is 7.71. The highest BCUT2D eigenvalue weighted by Crippen LogP contribution is 2.63. The Morgan fingerprint density at radius 1 is 0.484 bits per heavy atom. The number of rotatable bonds is 1. The Labute approximate surface area is 371 Å². The number of hydrogen-bond donors (Lipinski definition) is 1. The van der Waals surface area contributed by atoms with Crippen molar-refractivity contribution in [1.29, 1.82) is 0 Å². The van der Waals surface area contributed by atoms with Crippen molar-refractivity contribution in [2.24, 2.45) is 0 Å². The molecule has 1 N–H and O–H groups in total. The fraction of sp³-hybridized carbons (Fsp3) is 0.367. The molecule has 3 atom stereocenters. The van der Waals surface area contributed by atoms with Gasteiger partial charge in [-0.05, 0) is 101 Å². The third-order valence-electron chi connectivity index (χ3n) is 13.8. The van der Waals surface area contributed by atoms with Crippen LogP contribution in [0.15, 0.2) is 109 Å². The lowest BCUT2D eigenvalue weighted by Gasteiger charge is -2.36. The van der Waals surface area contributed by atoms with Crippen molar-refractivity contribution in [1.82, 2.24) is 0 Å². The minimum absolute atomic E-state index is 0.0865. The maximum Gasteiger partial charge on any atom is 0.132 e. The molecule has 2 heterocycles. The Bertz CT molecular complexity index is 2780. The molecule has 316 valence electrons. The second kappa shape index (κ2) is 14.8. The summed E-state index contributed by atoms with van der Waals surface area (Å²) in [5, 5.41) is 12.7. The topological polar surface area (TPSA) is 29.5 Å². The summed E-state index contributed by atoms with van der Waals surface area (Å²) in [6.45, 7) is 27.8. The monoisotopic (exact) mass is 816 g/mol. The van der Waals surface area contributed by atoms with Crippen molar-refractivity contribution in [3.8, 4) is 23.3 Å². The zero-order valence-electron chi connectivity index (χ0n) is 39.1. The molecule has 1 aliphatic carbocycles. The molecule has 7 bridgehead atoms. The van der Waals surface area contributed by atoms with Crippen LogP contribution in [0.5, 0.6) is 11.5 Å². The molecule has 0 radical (unpaired) electrons. The minimum Gasteiger partial charge on any atom is -0.507 e. The third kappa shape index (κ3) is 7.57. The number of benzene rings is 6. The first-order valence-electron chi connectivity index (χ1n) is 22.8. The average Bonchev–Trinajstić information content (AvgIpc) is 3.44. The maximum atomic E-state index is 12.7. The molecule has 0 unspecified atom stereocenters. The average molecular weight is 817 g/mol. The molecular weight excluding hydrogens is 753 g/mol. The lowest BCUT2D eigenvalue weighted by molar-refractivity contribution is 0.157. The summed E-state index contributed by atoms with van der Waals surface area (Å²) in [7, 11) is 0. The van der Waals surface area contributed by atoms with Gasteiger partial charge in [0, 0.05) is 53.4 Å². The molecule has 0 spiro atoms. The number of phenols is 1. The Morgan fingerprint density at radius 3 is 1.47 bits per heavy atom. The van der Waals surface area contributed by atoms with E-state index in [4.69, 9.17) is 4.74 Å². The van der Waals surface area contributed by atoms with E-state index in [0.29, 0.717) is 25.0 Å². The van der Waals surface area contributed by atoms with Crippen LogP contribution in [-0.4, -0.2) is 5.11 Å². The molecule has 2 nitrogen and oxygen atoms in total. The van der Waals surface area contributed by atoms with E-state index in [1.165, 1.54) is 61.2 Å². The van der Waals surface area contributed by atoms with Gasteiger partial charge in [-0.15, -0.1) is 0 Å². The van der Waals surface area contributed by atoms with Crippen molar-refractivity contribution >= 4 is 0 Å². The first-order valence-corrected chi connectivity index (χ1v) is 22.8. The van der Waals surface area contributed by atoms with Crippen LogP contribution in [0.2, 0.25) is 0 Å². The van der Waals surface area contributed by atoms with Gasteiger partial charge in [-0.2, -0.15) is 0 Å². The molecule has 0 saturated heterocycles. The molecule has 6 aromatic carbocycles. The first-order chi connectivity index (χ1) is 29.1. The molecule has 0 aromatic heterocycles. The van der Waals surface area contributed by atoms with Crippen molar-refractivity contribution < 1.29 is 9.84 Å². The van der Waals surface area contributed by atoms with Crippen molar-refractivity contribution in [2.45, 2.75) is 142 Å². The first kappa shape index (κ1) is 41.8. The second-order valence-electron chi connectivity index (χ2n) is 22.6. The number of fused-ring (bicyclic) bond motifs is 7. The zero-order valence-corrected chi connectivity index (χ0v) is 39.1. The fourth-order valence-electron chi connectivity index (χ4n) is 10.2. The highest BCUT2D eigenvalue weighted by Gasteiger charge is 2.51. The van der Waals surface area contributed by atoms with E-state index in [-0.39, 0.29) is 39.6 Å². The third-order valence-corrected chi connectivity index (χ3v) is 13.8. The quantitative estimate of drug-likeness (QED) is 0.168. The molecule has 2 heteroatoms. The highest BCUT2D eigenvalue weighted by molar-refractivity contribution is 5.66. The Balaban J connectivity index is 1.42. The number of phenolic OH excluding ortho intramolecular Hbond substituents is 1. The van der Waals surface area contributed by atoms with E-state index < -0.39 is 0 Å². The van der Waals surface area contributed by atoms with Gasteiger partial charge in [-0.1, -0.05) is 192 Å². The lowest BCUT2D eigenvalue weighted by Crippen LogP contribution is -2.25. The summed E-state index contributed by atoms with van der Waals surface area (Å²) in [4.78, 5) is 0. The Kier molecular flexibility index (Phi) is 9.98. The van der Waals surface area contributed by atoms with Gasteiger partial charge in [0.2, 0.25) is 0 Å². The number of ether oxygens (including phenoxy) is 1. The van der Waals surface area contributed by atoms with Gasteiger partial charge < -0.3 is 9.84 Å². The second-order valence-corrected chi connectivity index (χ2v) is 22.6. The van der Waals surface area contributed by atoms with E-state index >= 15 is 0 Å². The highest BCUT2D eigenvalue weighted by atomic mass is 16.5. The summed E-state index contributed by atoms with van der Waals surface area (Å²) in [5.41, 5.74) is 18.7. The molecule has 0 saturated carbocycles. The van der Waals surface area contributed by atoms with Gasteiger partial charge in [-0.3, -0.25) is 0 Å². The largest absolute Gasteiger partial charge is 0.507 e. The van der Waals surface area contributed by atoms with Crippen molar-refractivity contribution in [3.63, 3.8) is 0 Å². The van der Waals surface area contributed by atoms with Gasteiger partial charge in [0.25, 0.3) is 0 Å². The molecule has 62 heavy (non-hydrogen) atoms. The van der Waals surface area contributed by atoms with Crippen LogP contribution in [-0.2, 0) is 40.9 Å². The smallest absolute Gasteiger partial charge is 0.132 e. The van der Waals surface area contributed by atoms with Crippen LogP contribution in [0, 0.1) is 11.8 Å². The minimum atomic E-state index is -0.195. The lowest BCUT2D eigenvalue weighted by atomic mass is 9.74. The van der Waals surface area contributed by atoms with Gasteiger partial charge >= 0.3 is 0 Å². The normalized spacial score (nSPS) is 18.0. The molecule has 2 aliphatic heterocycles. The summed E-state index contributed by atoms with van der Waals surface area (Å²) in [5.74, 6) is 8.93. The van der Waals surface area contributed by atoms with Gasteiger partial charge in [0.15, 0.2) is 0 Å². The standard InChI is InChI=1S/C60H64O2/c1-57(2,3)44-28-38-25-41-31-45(58(4,5)6)32-42(54(41)61)27-40-30-46(59(7,8)9)34-49-51(40)56-52(37-21-17-14-18-22-37)53(49)50-35-47(60(10,11)12)33-43(55(50)62-56)26-39(29-44)48(38)24-23-36-19-15-13-16-20-36/h13-22,28-35,52-53,56,61H,25-27H2,1-12H3/t52-,53-,56-/m0/s1. The van der Waals surface area contributed by atoms with Gasteiger partial charge in [-0.25, -0.2) is 0 Å². The fourth-order valence-corrected chi connectivity index (χ4v) is 10.2. The van der Waals surface area contributed by atoms with E-state index in [9.17, 15) is 5.11 Å². The van der Waals surface area contributed by atoms with Crippen molar-refractivity contribution in [3.05, 3.63) is 198 Å². The molecule has 9 rings (SSSR count). The van der Waals surface area contributed by atoms with Crippen LogP contribution in [0.1, 0.15) is 190 Å². The van der Waals surface area contributed by atoms with Crippen LogP contribution in [0.25, 0.3) is 0 Å². The molecule has 6 aromatic rings. The van der Waals surface area contributed by atoms with Crippen LogP contribution in [0.3, 0.4) is 0 Å². The number of hydrogen-bond acceptors (Lipinski definition) is 2. The van der Waals surface area contributed by atoms with Gasteiger partial charge in [0.05, 0.1) is 0 Å². The van der Waals surface area contributed by atoms with E-state index in [1.807, 2.05) is 6.07 Å². The van der Waals surface area contributed by atoms with E-state index in [1.54, 1.807) is 0 Å². The van der Waals surface area contributed by atoms with Gasteiger partial charge in [0.1, 0.15) is 17.6 Å². The van der Waals surface area contributed by atoms with E-state index in [0.717, 1.165) is 33.6 Å². The SMILES string of the molecule is CC(C)(C)c1cc2c(O)c(c1)Cc1cc(C(C)(C)C)cc3c1[C@@H]1Oc4c(cc(C(C)(C)C)cc4[C@H]3[C@@H]1c1ccccc1)Cc1cc(C(C)(C)C)cc(c1C#Cc1ccccc1)C2.